The molecule has 14 heavy (non-hydrogen) atoms. The van der Waals surface area contributed by atoms with Gasteiger partial charge in [-0.1, -0.05) is 17.7 Å². The highest BCUT2D eigenvalue weighted by Crippen LogP contribution is 2.13. The molecule has 0 saturated carbocycles. The summed E-state index contributed by atoms with van der Waals surface area (Å²) in [6, 6.07) is 8.44. The van der Waals surface area contributed by atoms with Crippen LogP contribution in [-0.2, 0) is 0 Å². The maximum atomic E-state index is 4.37. The van der Waals surface area contributed by atoms with Crippen LogP contribution < -0.4 is 10.2 Å². The molecule has 0 radical (unpaired) electrons. The van der Waals surface area contributed by atoms with Crippen molar-refractivity contribution >= 4 is 11.6 Å². The van der Waals surface area contributed by atoms with E-state index in [1.165, 1.54) is 11.3 Å². The smallest absolute Gasteiger partial charge is 0.198 e. The number of aryl methyl sites for hydroxylation is 1. The van der Waals surface area contributed by atoms with Gasteiger partial charge in [0.15, 0.2) is 5.96 Å². The number of anilines is 1. The first-order valence-corrected chi connectivity index (χ1v) is 4.86. The molecule has 0 bridgehead atoms. The fraction of sp³-hybridized carbons (Fsp3) is 0.364. The number of guanidine groups is 1. The molecule has 2 rings (SSSR count). The van der Waals surface area contributed by atoms with Gasteiger partial charge < -0.3 is 10.2 Å². The molecule has 1 aromatic rings. The minimum absolute atomic E-state index is 0.880. The van der Waals surface area contributed by atoms with Crippen LogP contribution in [0.5, 0.6) is 0 Å². The predicted molar refractivity (Wildman–Crippen MR) is 59.9 cm³/mol. The molecule has 3 nitrogen and oxygen atoms in total. The van der Waals surface area contributed by atoms with Gasteiger partial charge in [0.2, 0.25) is 0 Å². The van der Waals surface area contributed by atoms with Gasteiger partial charge in [0, 0.05) is 19.3 Å². The minimum Gasteiger partial charge on any atom is -0.354 e. The summed E-state index contributed by atoms with van der Waals surface area (Å²) in [6.45, 7) is 3.92. The van der Waals surface area contributed by atoms with Gasteiger partial charge >= 0.3 is 0 Å². The zero-order valence-corrected chi connectivity index (χ0v) is 8.62. The van der Waals surface area contributed by atoms with Gasteiger partial charge in [-0.2, -0.15) is 0 Å². The Morgan fingerprint density at radius 2 is 2.00 bits per heavy atom. The van der Waals surface area contributed by atoms with Gasteiger partial charge in [-0.05, 0) is 19.1 Å². The van der Waals surface area contributed by atoms with Crippen molar-refractivity contribution in [3.63, 3.8) is 0 Å². The largest absolute Gasteiger partial charge is 0.354 e. The molecule has 1 aliphatic heterocycles. The molecule has 1 N–H and O–H groups in total. The van der Waals surface area contributed by atoms with E-state index in [0.29, 0.717) is 0 Å². The van der Waals surface area contributed by atoms with Crippen LogP contribution in [0.15, 0.2) is 29.3 Å². The van der Waals surface area contributed by atoms with Crippen molar-refractivity contribution in [3.8, 4) is 0 Å². The number of hydrogen-bond acceptors (Lipinski definition) is 3. The molecule has 1 aromatic carbocycles. The highest BCUT2D eigenvalue weighted by molar-refractivity contribution is 5.96. The van der Waals surface area contributed by atoms with Crippen LogP contribution in [0.2, 0.25) is 0 Å². The summed E-state index contributed by atoms with van der Waals surface area (Å²) in [4.78, 5) is 6.44. The van der Waals surface area contributed by atoms with E-state index in [2.05, 4.69) is 46.4 Å². The van der Waals surface area contributed by atoms with E-state index >= 15 is 0 Å². The van der Waals surface area contributed by atoms with Crippen molar-refractivity contribution in [1.82, 2.24) is 5.32 Å². The monoisotopic (exact) mass is 189 g/mol. The first-order valence-electron chi connectivity index (χ1n) is 4.86. The highest BCUT2D eigenvalue weighted by atomic mass is 15.3. The quantitative estimate of drug-likeness (QED) is 0.723. The molecule has 0 amide bonds. The van der Waals surface area contributed by atoms with E-state index in [-0.39, 0.29) is 0 Å². The molecule has 0 aromatic heterocycles. The summed E-state index contributed by atoms with van der Waals surface area (Å²) < 4.78 is 0. The van der Waals surface area contributed by atoms with Crippen LogP contribution in [0.1, 0.15) is 5.56 Å². The SMILES string of the molecule is Cc1ccc(N(C)C2=NCCN2)cc1. The van der Waals surface area contributed by atoms with Gasteiger partial charge in [-0.25, -0.2) is 0 Å². The fourth-order valence-electron chi connectivity index (χ4n) is 1.50. The van der Waals surface area contributed by atoms with E-state index in [0.717, 1.165) is 19.0 Å². The van der Waals surface area contributed by atoms with Gasteiger partial charge in [-0.3, -0.25) is 4.99 Å². The average Bonchev–Trinajstić information content (AvgIpc) is 2.71. The van der Waals surface area contributed by atoms with Crippen LogP contribution in [0.25, 0.3) is 0 Å². The minimum atomic E-state index is 0.880. The lowest BCUT2D eigenvalue weighted by atomic mass is 10.2. The second-order valence-electron chi connectivity index (χ2n) is 3.53. The van der Waals surface area contributed by atoms with Crippen molar-refractivity contribution in [1.29, 1.82) is 0 Å². The zero-order chi connectivity index (χ0) is 9.97. The zero-order valence-electron chi connectivity index (χ0n) is 8.62. The molecular formula is C11H15N3. The topological polar surface area (TPSA) is 27.6 Å². The second-order valence-corrected chi connectivity index (χ2v) is 3.53. The molecule has 74 valence electrons. The van der Waals surface area contributed by atoms with E-state index < -0.39 is 0 Å². The maximum absolute atomic E-state index is 4.37. The number of nitrogens with zero attached hydrogens (tertiary/aromatic N) is 2. The van der Waals surface area contributed by atoms with Crippen molar-refractivity contribution < 1.29 is 0 Å². The first-order chi connectivity index (χ1) is 6.77. The molecule has 3 heteroatoms. The lowest BCUT2D eigenvalue weighted by molar-refractivity contribution is 0.951. The Bertz CT molecular complexity index is 340. The molecular weight excluding hydrogens is 174 g/mol. The molecule has 0 spiro atoms. The summed E-state index contributed by atoms with van der Waals surface area (Å²) in [6.07, 6.45) is 0. The van der Waals surface area contributed by atoms with Crippen LogP contribution >= 0.6 is 0 Å². The molecule has 1 aliphatic rings. The molecule has 0 aliphatic carbocycles. The van der Waals surface area contributed by atoms with E-state index in [4.69, 9.17) is 0 Å². The Morgan fingerprint density at radius 1 is 1.29 bits per heavy atom. The maximum Gasteiger partial charge on any atom is 0.198 e. The summed E-state index contributed by atoms with van der Waals surface area (Å²) in [7, 11) is 2.03. The van der Waals surface area contributed by atoms with E-state index in [1.54, 1.807) is 0 Å². The number of rotatable bonds is 1. The fourth-order valence-corrected chi connectivity index (χ4v) is 1.50. The van der Waals surface area contributed by atoms with Gasteiger partial charge in [0.05, 0.1) is 6.54 Å². The predicted octanol–water partition coefficient (Wildman–Crippen LogP) is 1.39. The van der Waals surface area contributed by atoms with Crippen LogP contribution in [0.3, 0.4) is 0 Å². The van der Waals surface area contributed by atoms with Crippen LogP contribution in [-0.4, -0.2) is 26.1 Å². The van der Waals surface area contributed by atoms with Crippen LogP contribution in [0.4, 0.5) is 5.69 Å². The van der Waals surface area contributed by atoms with Crippen molar-refractivity contribution in [3.05, 3.63) is 29.8 Å². The Hall–Kier alpha value is -1.51. The third-order valence-corrected chi connectivity index (χ3v) is 2.40. The average molecular weight is 189 g/mol. The molecule has 0 unspecified atom stereocenters. The number of nitrogens with one attached hydrogen (secondary N) is 1. The summed E-state index contributed by atoms with van der Waals surface area (Å²) in [5.41, 5.74) is 2.45. The lowest BCUT2D eigenvalue weighted by Gasteiger charge is -2.19. The van der Waals surface area contributed by atoms with Crippen molar-refractivity contribution in [2.75, 3.05) is 25.0 Å². The molecule has 1 heterocycles. The van der Waals surface area contributed by atoms with Crippen molar-refractivity contribution in [2.24, 2.45) is 4.99 Å². The van der Waals surface area contributed by atoms with Gasteiger partial charge in [0.25, 0.3) is 0 Å². The Labute approximate surface area is 84.5 Å². The Balaban J connectivity index is 2.18. The number of aliphatic imine (C=N–C) groups is 1. The third-order valence-electron chi connectivity index (χ3n) is 2.40. The number of benzene rings is 1. The first kappa shape index (κ1) is 9.06. The normalized spacial score (nSPS) is 14.9. The molecule has 0 fully saturated rings. The van der Waals surface area contributed by atoms with E-state index in [9.17, 15) is 0 Å². The Kier molecular flexibility index (Phi) is 2.39. The number of hydrogen-bond donors (Lipinski definition) is 1. The summed E-state index contributed by atoms with van der Waals surface area (Å²) in [5, 5.41) is 3.25. The summed E-state index contributed by atoms with van der Waals surface area (Å²) in [5.74, 6) is 0.967. The second kappa shape index (κ2) is 3.70. The lowest BCUT2D eigenvalue weighted by Crippen LogP contribution is -2.35. The highest BCUT2D eigenvalue weighted by Gasteiger charge is 2.11. The molecule has 0 saturated heterocycles. The van der Waals surface area contributed by atoms with Gasteiger partial charge in [0.1, 0.15) is 0 Å². The Morgan fingerprint density at radius 3 is 2.57 bits per heavy atom. The standard InChI is InChI=1S/C11H15N3/c1-9-3-5-10(6-4-9)14(2)11-12-7-8-13-11/h3-6H,7-8H2,1-2H3,(H,12,13). The summed E-state index contributed by atoms with van der Waals surface area (Å²) >= 11 is 0. The van der Waals surface area contributed by atoms with E-state index in [1.807, 2.05) is 7.05 Å². The third kappa shape index (κ3) is 1.71. The van der Waals surface area contributed by atoms with Gasteiger partial charge in [-0.15, -0.1) is 0 Å². The molecule has 0 atom stereocenters. The van der Waals surface area contributed by atoms with Crippen molar-refractivity contribution in [2.45, 2.75) is 6.92 Å². The van der Waals surface area contributed by atoms with Crippen LogP contribution in [0, 0.1) is 6.92 Å².